The highest BCUT2D eigenvalue weighted by atomic mass is 15.3. The van der Waals surface area contributed by atoms with Gasteiger partial charge in [-0.05, 0) is 17.9 Å². The molecule has 0 saturated heterocycles. The molecule has 0 aliphatic carbocycles. The quantitative estimate of drug-likeness (QED) is 0.785. The van der Waals surface area contributed by atoms with Crippen molar-refractivity contribution in [1.29, 1.82) is 0 Å². The van der Waals surface area contributed by atoms with Crippen molar-refractivity contribution in [2.75, 3.05) is 0 Å². The number of hydrogen-bond acceptors (Lipinski definition) is 4. The van der Waals surface area contributed by atoms with Crippen LogP contribution in [0.1, 0.15) is 19.4 Å². The van der Waals surface area contributed by atoms with E-state index in [0.29, 0.717) is 11.7 Å². The van der Waals surface area contributed by atoms with Gasteiger partial charge in [0.2, 0.25) is 5.82 Å². The highest BCUT2D eigenvalue weighted by molar-refractivity contribution is 5.53. The predicted molar refractivity (Wildman–Crippen MR) is 61.6 cm³/mol. The molecule has 0 aliphatic heterocycles. The van der Waals surface area contributed by atoms with Crippen LogP contribution in [0.15, 0.2) is 30.6 Å². The summed E-state index contributed by atoms with van der Waals surface area (Å²) in [4.78, 5) is 0. The van der Waals surface area contributed by atoms with E-state index in [9.17, 15) is 0 Å². The van der Waals surface area contributed by atoms with Crippen LogP contribution in [0, 0.1) is 5.92 Å². The standard InChI is InChI=1S/C12H14N4/c1-9(2)7-10-3-5-11(6-4-10)12-15-13-8-14-16-12/h3-6,8-9H,7H2,1-2H3. The third kappa shape index (κ3) is 2.59. The Morgan fingerprint density at radius 1 is 1.00 bits per heavy atom. The number of rotatable bonds is 3. The van der Waals surface area contributed by atoms with Gasteiger partial charge in [0.05, 0.1) is 0 Å². The molecule has 4 nitrogen and oxygen atoms in total. The molecule has 1 aromatic carbocycles. The van der Waals surface area contributed by atoms with E-state index in [1.807, 2.05) is 12.1 Å². The molecule has 0 saturated carbocycles. The van der Waals surface area contributed by atoms with Crippen LogP contribution in [-0.2, 0) is 6.42 Å². The van der Waals surface area contributed by atoms with Crippen LogP contribution >= 0.6 is 0 Å². The topological polar surface area (TPSA) is 51.6 Å². The molecule has 0 atom stereocenters. The van der Waals surface area contributed by atoms with Gasteiger partial charge in [0, 0.05) is 5.56 Å². The average Bonchev–Trinajstić information content (AvgIpc) is 2.30. The molecule has 0 unspecified atom stereocenters. The fourth-order valence-corrected chi connectivity index (χ4v) is 1.58. The normalized spacial score (nSPS) is 10.7. The lowest BCUT2D eigenvalue weighted by Gasteiger charge is -2.05. The molecule has 2 aromatic rings. The van der Waals surface area contributed by atoms with E-state index in [0.717, 1.165) is 12.0 Å². The maximum atomic E-state index is 3.92. The second-order valence-corrected chi connectivity index (χ2v) is 4.16. The summed E-state index contributed by atoms with van der Waals surface area (Å²) in [6.07, 6.45) is 2.42. The summed E-state index contributed by atoms with van der Waals surface area (Å²) < 4.78 is 0. The van der Waals surface area contributed by atoms with Gasteiger partial charge >= 0.3 is 0 Å². The number of benzene rings is 1. The van der Waals surface area contributed by atoms with Gasteiger partial charge in [0.1, 0.15) is 0 Å². The fourth-order valence-electron chi connectivity index (χ4n) is 1.58. The first-order valence-corrected chi connectivity index (χ1v) is 5.35. The van der Waals surface area contributed by atoms with Gasteiger partial charge in [-0.1, -0.05) is 38.1 Å². The Bertz CT molecular complexity index is 436. The van der Waals surface area contributed by atoms with Gasteiger partial charge in [0.15, 0.2) is 6.33 Å². The summed E-state index contributed by atoms with van der Waals surface area (Å²) in [7, 11) is 0. The Labute approximate surface area is 94.8 Å². The highest BCUT2D eigenvalue weighted by Crippen LogP contribution is 2.15. The van der Waals surface area contributed by atoms with Crippen molar-refractivity contribution in [3.63, 3.8) is 0 Å². The lowest BCUT2D eigenvalue weighted by Crippen LogP contribution is -1.96. The van der Waals surface area contributed by atoms with Crippen molar-refractivity contribution in [1.82, 2.24) is 20.4 Å². The largest absolute Gasteiger partial charge is 0.203 e. The van der Waals surface area contributed by atoms with Crippen LogP contribution in [0.4, 0.5) is 0 Å². The molecule has 16 heavy (non-hydrogen) atoms. The van der Waals surface area contributed by atoms with Gasteiger partial charge in [-0.15, -0.1) is 20.4 Å². The molecule has 4 heteroatoms. The van der Waals surface area contributed by atoms with E-state index in [1.165, 1.54) is 11.9 Å². The fraction of sp³-hybridized carbons (Fsp3) is 0.333. The minimum Gasteiger partial charge on any atom is -0.135 e. The molecule has 1 heterocycles. The molecule has 0 fully saturated rings. The summed E-state index contributed by atoms with van der Waals surface area (Å²) in [5.74, 6) is 1.24. The van der Waals surface area contributed by atoms with E-state index in [1.54, 1.807) is 0 Å². The summed E-state index contributed by atoms with van der Waals surface area (Å²) in [5, 5.41) is 15.2. The minimum atomic E-state index is 0.568. The van der Waals surface area contributed by atoms with Gasteiger partial charge in [-0.25, -0.2) is 0 Å². The van der Waals surface area contributed by atoms with Crippen molar-refractivity contribution in [2.45, 2.75) is 20.3 Å². The van der Waals surface area contributed by atoms with Crippen LogP contribution < -0.4 is 0 Å². The van der Waals surface area contributed by atoms with E-state index in [-0.39, 0.29) is 0 Å². The summed E-state index contributed by atoms with van der Waals surface area (Å²) >= 11 is 0. The van der Waals surface area contributed by atoms with Crippen LogP contribution in [0.2, 0.25) is 0 Å². The lowest BCUT2D eigenvalue weighted by atomic mass is 10.0. The van der Waals surface area contributed by atoms with E-state index >= 15 is 0 Å². The molecule has 0 spiro atoms. The molecule has 2 rings (SSSR count). The van der Waals surface area contributed by atoms with E-state index < -0.39 is 0 Å². The Kier molecular flexibility index (Phi) is 3.19. The molecule has 0 amide bonds. The monoisotopic (exact) mass is 214 g/mol. The molecule has 0 N–H and O–H groups in total. The maximum Gasteiger partial charge on any atom is 0.203 e. The predicted octanol–water partition coefficient (Wildman–Crippen LogP) is 2.13. The zero-order valence-electron chi connectivity index (χ0n) is 9.46. The third-order valence-electron chi connectivity index (χ3n) is 2.26. The Balaban J connectivity index is 2.20. The van der Waals surface area contributed by atoms with Gasteiger partial charge in [-0.2, -0.15) is 0 Å². The number of aromatic nitrogens is 4. The minimum absolute atomic E-state index is 0.568. The summed E-state index contributed by atoms with van der Waals surface area (Å²) in [6, 6.07) is 8.23. The first-order valence-electron chi connectivity index (χ1n) is 5.35. The molecular formula is C12H14N4. The van der Waals surface area contributed by atoms with Crippen LogP contribution in [-0.4, -0.2) is 20.4 Å². The van der Waals surface area contributed by atoms with Crippen molar-refractivity contribution in [2.24, 2.45) is 5.92 Å². The van der Waals surface area contributed by atoms with Crippen LogP contribution in [0.25, 0.3) is 11.4 Å². The lowest BCUT2D eigenvalue weighted by molar-refractivity contribution is 0.647. The van der Waals surface area contributed by atoms with Crippen molar-refractivity contribution in [3.05, 3.63) is 36.2 Å². The van der Waals surface area contributed by atoms with E-state index in [4.69, 9.17) is 0 Å². The first kappa shape index (κ1) is 10.7. The van der Waals surface area contributed by atoms with Gasteiger partial charge in [0.25, 0.3) is 0 Å². The Morgan fingerprint density at radius 2 is 1.62 bits per heavy atom. The molecule has 0 aliphatic rings. The Morgan fingerprint density at radius 3 is 2.19 bits per heavy atom. The summed E-state index contributed by atoms with van der Waals surface area (Å²) in [6.45, 7) is 4.42. The van der Waals surface area contributed by atoms with Crippen LogP contribution in [0.5, 0.6) is 0 Å². The molecule has 0 radical (unpaired) electrons. The molecule has 82 valence electrons. The summed E-state index contributed by atoms with van der Waals surface area (Å²) in [5.41, 5.74) is 2.28. The van der Waals surface area contributed by atoms with Crippen molar-refractivity contribution >= 4 is 0 Å². The van der Waals surface area contributed by atoms with Gasteiger partial charge in [-0.3, -0.25) is 0 Å². The van der Waals surface area contributed by atoms with Crippen molar-refractivity contribution < 1.29 is 0 Å². The first-order chi connectivity index (χ1) is 7.75. The number of nitrogens with zero attached hydrogens (tertiary/aromatic N) is 4. The maximum absolute atomic E-state index is 3.92. The van der Waals surface area contributed by atoms with E-state index in [2.05, 4.69) is 46.4 Å². The van der Waals surface area contributed by atoms with Crippen LogP contribution in [0.3, 0.4) is 0 Å². The smallest absolute Gasteiger partial charge is 0.135 e. The molecular weight excluding hydrogens is 200 g/mol. The highest BCUT2D eigenvalue weighted by Gasteiger charge is 2.02. The van der Waals surface area contributed by atoms with Crippen molar-refractivity contribution in [3.8, 4) is 11.4 Å². The SMILES string of the molecule is CC(C)Cc1ccc(-c2nncnn2)cc1. The zero-order chi connectivity index (χ0) is 11.4. The zero-order valence-corrected chi connectivity index (χ0v) is 9.46. The Hall–Kier alpha value is -1.84. The third-order valence-corrected chi connectivity index (χ3v) is 2.26. The second kappa shape index (κ2) is 4.79. The molecule has 0 bridgehead atoms. The number of hydrogen-bond donors (Lipinski definition) is 0. The second-order valence-electron chi connectivity index (χ2n) is 4.16. The molecule has 1 aromatic heterocycles. The van der Waals surface area contributed by atoms with Gasteiger partial charge < -0.3 is 0 Å². The average molecular weight is 214 g/mol.